The van der Waals surface area contributed by atoms with Gasteiger partial charge in [0.1, 0.15) is 6.04 Å². The molecule has 2 atom stereocenters. The SMILES string of the molecule is CC1CN(c2ccccc2Br)C(CC(=O)O)C(=O)N1. The van der Waals surface area contributed by atoms with Crippen molar-refractivity contribution in [1.82, 2.24) is 5.32 Å². The summed E-state index contributed by atoms with van der Waals surface area (Å²) in [5.74, 6) is -1.22. The number of carbonyl (C=O) groups is 2. The van der Waals surface area contributed by atoms with Crippen LogP contribution >= 0.6 is 15.9 Å². The zero-order valence-corrected chi connectivity index (χ0v) is 12.1. The molecule has 0 saturated carbocycles. The predicted molar refractivity (Wildman–Crippen MR) is 75.1 cm³/mol. The van der Waals surface area contributed by atoms with Crippen LogP contribution in [-0.4, -0.2) is 35.6 Å². The van der Waals surface area contributed by atoms with E-state index in [0.29, 0.717) is 6.54 Å². The van der Waals surface area contributed by atoms with Crippen molar-refractivity contribution in [2.75, 3.05) is 11.4 Å². The van der Waals surface area contributed by atoms with Crippen LogP contribution in [0.3, 0.4) is 0 Å². The minimum absolute atomic E-state index is 0.00958. The molecule has 0 aromatic heterocycles. The van der Waals surface area contributed by atoms with Crippen molar-refractivity contribution in [2.45, 2.75) is 25.4 Å². The van der Waals surface area contributed by atoms with E-state index in [2.05, 4.69) is 21.2 Å². The Hall–Kier alpha value is -1.56. The quantitative estimate of drug-likeness (QED) is 0.885. The number of carboxylic acid groups (broad SMARTS) is 1. The van der Waals surface area contributed by atoms with Gasteiger partial charge in [0.05, 0.1) is 12.1 Å². The van der Waals surface area contributed by atoms with Crippen LogP contribution in [0.25, 0.3) is 0 Å². The van der Waals surface area contributed by atoms with E-state index >= 15 is 0 Å². The Labute approximate surface area is 119 Å². The van der Waals surface area contributed by atoms with Gasteiger partial charge in [0.25, 0.3) is 0 Å². The molecule has 1 saturated heterocycles. The van der Waals surface area contributed by atoms with Crippen LogP contribution in [0, 0.1) is 0 Å². The maximum Gasteiger partial charge on any atom is 0.305 e. The van der Waals surface area contributed by atoms with Gasteiger partial charge in [0.15, 0.2) is 0 Å². The second-order valence-electron chi connectivity index (χ2n) is 4.63. The molecule has 6 heteroatoms. The Kier molecular flexibility index (Phi) is 4.09. The highest BCUT2D eigenvalue weighted by atomic mass is 79.9. The first-order valence-corrected chi connectivity index (χ1v) is 6.81. The number of anilines is 1. The molecule has 0 bridgehead atoms. The number of amides is 1. The van der Waals surface area contributed by atoms with Crippen LogP contribution in [0.1, 0.15) is 13.3 Å². The van der Waals surface area contributed by atoms with E-state index < -0.39 is 12.0 Å². The van der Waals surface area contributed by atoms with Crippen LogP contribution in [0.5, 0.6) is 0 Å². The second kappa shape index (κ2) is 5.61. The van der Waals surface area contributed by atoms with Crippen molar-refractivity contribution >= 4 is 33.5 Å². The number of piperazine rings is 1. The third kappa shape index (κ3) is 3.07. The maximum atomic E-state index is 12.0. The van der Waals surface area contributed by atoms with Gasteiger partial charge in [-0.25, -0.2) is 0 Å². The molecule has 2 unspecified atom stereocenters. The summed E-state index contributed by atoms with van der Waals surface area (Å²) in [6.45, 7) is 2.49. The first-order valence-electron chi connectivity index (χ1n) is 6.02. The summed E-state index contributed by atoms with van der Waals surface area (Å²) in [6, 6.07) is 6.83. The van der Waals surface area contributed by atoms with E-state index in [0.717, 1.165) is 10.2 Å². The fourth-order valence-corrected chi connectivity index (χ4v) is 2.78. The van der Waals surface area contributed by atoms with Crippen LogP contribution in [0.15, 0.2) is 28.7 Å². The molecule has 5 nitrogen and oxygen atoms in total. The third-order valence-corrected chi connectivity index (χ3v) is 3.74. The average Bonchev–Trinajstić information content (AvgIpc) is 2.33. The van der Waals surface area contributed by atoms with Gasteiger partial charge in [-0.3, -0.25) is 9.59 Å². The Morgan fingerprint density at radius 1 is 1.53 bits per heavy atom. The number of nitrogens with one attached hydrogen (secondary N) is 1. The molecule has 1 aliphatic heterocycles. The van der Waals surface area contributed by atoms with Crippen molar-refractivity contribution in [2.24, 2.45) is 0 Å². The molecule has 1 heterocycles. The summed E-state index contributed by atoms with van der Waals surface area (Å²) in [4.78, 5) is 24.8. The van der Waals surface area contributed by atoms with Gasteiger partial charge in [-0.05, 0) is 35.0 Å². The normalized spacial score (nSPS) is 23.1. The number of carboxylic acids is 1. The predicted octanol–water partition coefficient (Wildman–Crippen LogP) is 1.62. The summed E-state index contributed by atoms with van der Waals surface area (Å²) in [5.41, 5.74) is 0.843. The minimum Gasteiger partial charge on any atom is -0.481 e. The smallest absolute Gasteiger partial charge is 0.305 e. The van der Waals surface area contributed by atoms with Gasteiger partial charge >= 0.3 is 5.97 Å². The van der Waals surface area contributed by atoms with Gasteiger partial charge in [0.2, 0.25) is 5.91 Å². The molecule has 0 radical (unpaired) electrons. The topological polar surface area (TPSA) is 69.6 Å². The molecule has 1 amide bonds. The lowest BCUT2D eigenvalue weighted by molar-refractivity contribution is -0.140. The molecule has 19 heavy (non-hydrogen) atoms. The van der Waals surface area contributed by atoms with E-state index in [1.165, 1.54) is 0 Å². The number of benzene rings is 1. The third-order valence-electron chi connectivity index (χ3n) is 3.07. The Balaban J connectivity index is 2.35. The van der Waals surface area contributed by atoms with Gasteiger partial charge < -0.3 is 15.3 Å². The molecule has 1 aromatic rings. The van der Waals surface area contributed by atoms with E-state index in [-0.39, 0.29) is 18.4 Å². The van der Waals surface area contributed by atoms with Crippen LogP contribution < -0.4 is 10.2 Å². The van der Waals surface area contributed by atoms with E-state index in [9.17, 15) is 9.59 Å². The molecule has 0 spiro atoms. The highest BCUT2D eigenvalue weighted by Crippen LogP contribution is 2.29. The lowest BCUT2D eigenvalue weighted by Gasteiger charge is -2.39. The zero-order chi connectivity index (χ0) is 14.0. The molecule has 102 valence electrons. The monoisotopic (exact) mass is 326 g/mol. The zero-order valence-electron chi connectivity index (χ0n) is 10.5. The van der Waals surface area contributed by atoms with Crippen molar-refractivity contribution < 1.29 is 14.7 Å². The van der Waals surface area contributed by atoms with Gasteiger partial charge in [-0.15, -0.1) is 0 Å². The second-order valence-corrected chi connectivity index (χ2v) is 5.48. The molecule has 2 N–H and O–H groups in total. The Bertz CT molecular complexity index is 506. The molecule has 1 fully saturated rings. The van der Waals surface area contributed by atoms with Gasteiger partial charge in [-0.2, -0.15) is 0 Å². The molecule has 0 aliphatic carbocycles. The van der Waals surface area contributed by atoms with E-state index in [4.69, 9.17) is 5.11 Å². The summed E-state index contributed by atoms with van der Waals surface area (Å²) in [7, 11) is 0. The summed E-state index contributed by atoms with van der Waals surface area (Å²) in [5, 5.41) is 11.8. The van der Waals surface area contributed by atoms with Crippen molar-refractivity contribution in [1.29, 1.82) is 0 Å². The standard InChI is InChI=1S/C13H15BrN2O3/c1-8-7-16(10-5-3-2-4-9(10)14)11(6-12(17)18)13(19)15-8/h2-5,8,11H,6-7H2,1H3,(H,15,19)(H,17,18). The molecular formula is C13H15BrN2O3. The molecule has 2 rings (SSSR count). The number of rotatable bonds is 3. The first-order chi connectivity index (χ1) is 8.99. The summed E-state index contributed by atoms with van der Waals surface area (Å²) in [6.07, 6.45) is -0.208. The van der Waals surface area contributed by atoms with Crippen LogP contribution in [0.2, 0.25) is 0 Å². The first kappa shape index (κ1) is 13.9. The number of halogens is 1. The largest absolute Gasteiger partial charge is 0.481 e. The number of carbonyl (C=O) groups excluding carboxylic acids is 1. The molecular weight excluding hydrogens is 312 g/mol. The number of aliphatic carboxylic acids is 1. The highest BCUT2D eigenvalue weighted by Gasteiger charge is 2.35. The lowest BCUT2D eigenvalue weighted by atomic mass is 10.0. The number of nitrogens with zero attached hydrogens (tertiary/aromatic N) is 1. The Morgan fingerprint density at radius 3 is 2.84 bits per heavy atom. The minimum atomic E-state index is -0.980. The number of para-hydroxylation sites is 1. The van der Waals surface area contributed by atoms with Crippen molar-refractivity contribution in [3.63, 3.8) is 0 Å². The molecule has 1 aliphatic rings. The number of hydrogen-bond donors (Lipinski definition) is 2. The van der Waals surface area contributed by atoms with Crippen LogP contribution in [-0.2, 0) is 9.59 Å². The van der Waals surface area contributed by atoms with Gasteiger partial charge in [0, 0.05) is 17.1 Å². The van der Waals surface area contributed by atoms with Crippen molar-refractivity contribution in [3.8, 4) is 0 Å². The van der Waals surface area contributed by atoms with Gasteiger partial charge in [-0.1, -0.05) is 12.1 Å². The van der Waals surface area contributed by atoms with Crippen LogP contribution in [0.4, 0.5) is 5.69 Å². The lowest BCUT2D eigenvalue weighted by Crippen LogP contribution is -2.60. The fraction of sp³-hybridized carbons (Fsp3) is 0.385. The van der Waals surface area contributed by atoms with E-state index in [1.807, 2.05) is 36.1 Å². The van der Waals surface area contributed by atoms with E-state index in [1.54, 1.807) is 0 Å². The fourth-order valence-electron chi connectivity index (χ4n) is 2.27. The maximum absolute atomic E-state index is 12.0. The number of hydrogen-bond acceptors (Lipinski definition) is 3. The van der Waals surface area contributed by atoms with Crippen molar-refractivity contribution in [3.05, 3.63) is 28.7 Å². The summed E-state index contributed by atoms with van der Waals surface area (Å²) >= 11 is 3.44. The Morgan fingerprint density at radius 2 is 2.21 bits per heavy atom. The highest BCUT2D eigenvalue weighted by molar-refractivity contribution is 9.10. The average molecular weight is 327 g/mol. The summed E-state index contributed by atoms with van der Waals surface area (Å²) < 4.78 is 0.854. The molecule has 1 aromatic carbocycles.